The molecule has 1 saturated carbocycles. The molecule has 1 aliphatic heterocycles. The van der Waals surface area contributed by atoms with Crippen molar-refractivity contribution in [2.75, 3.05) is 13.1 Å². The highest BCUT2D eigenvalue weighted by atomic mass is 16.6. The van der Waals surface area contributed by atoms with Crippen molar-refractivity contribution in [2.24, 2.45) is 16.7 Å². The van der Waals surface area contributed by atoms with Crippen molar-refractivity contribution in [2.45, 2.75) is 40.2 Å². The fraction of sp³-hybridized carbons (Fsp3) is 0.846. The summed E-state index contributed by atoms with van der Waals surface area (Å²) in [6.45, 7) is 10.1. The third kappa shape index (κ3) is 1.60. The average Bonchev–Trinajstić information content (AvgIpc) is 2.57. The lowest BCUT2D eigenvalue weighted by atomic mass is 9.96. The quantitative estimate of drug-likeness (QED) is 0.777. The molecular formula is C13H21NO4. The van der Waals surface area contributed by atoms with Crippen LogP contribution in [0.4, 0.5) is 4.79 Å². The van der Waals surface area contributed by atoms with Gasteiger partial charge in [-0.3, -0.25) is 4.79 Å². The molecule has 1 aliphatic carbocycles. The lowest BCUT2D eigenvalue weighted by Gasteiger charge is -2.28. The van der Waals surface area contributed by atoms with Crippen LogP contribution in [-0.4, -0.2) is 40.8 Å². The van der Waals surface area contributed by atoms with Gasteiger partial charge < -0.3 is 14.7 Å². The van der Waals surface area contributed by atoms with Gasteiger partial charge >= 0.3 is 12.1 Å². The molecule has 1 saturated heterocycles. The number of hydrogen-bond acceptors (Lipinski definition) is 3. The fourth-order valence-corrected chi connectivity index (χ4v) is 3.21. The number of amides is 1. The van der Waals surface area contributed by atoms with E-state index in [0.29, 0.717) is 6.54 Å². The maximum Gasteiger partial charge on any atom is 0.410 e. The molecule has 102 valence electrons. The monoisotopic (exact) mass is 255 g/mol. The minimum atomic E-state index is -0.802. The van der Waals surface area contributed by atoms with E-state index >= 15 is 0 Å². The first-order valence-electron chi connectivity index (χ1n) is 6.24. The van der Waals surface area contributed by atoms with E-state index in [1.54, 1.807) is 20.8 Å². The number of fused-ring (bicyclic) bond motifs is 1. The average molecular weight is 255 g/mol. The lowest BCUT2D eigenvalue weighted by molar-refractivity contribution is -0.144. The number of nitrogens with zero attached hydrogens (tertiary/aromatic N) is 1. The summed E-state index contributed by atoms with van der Waals surface area (Å²) in [7, 11) is 0. The number of ether oxygens (including phenoxy) is 1. The van der Waals surface area contributed by atoms with E-state index in [4.69, 9.17) is 4.74 Å². The zero-order valence-corrected chi connectivity index (χ0v) is 11.6. The second kappa shape index (κ2) is 3.39. The molecule has 2 atom stereocenters. The van der Waals surface area contributed by atoms with Gasteiger partial charge in [0.25, 0.3) is 0 Å². The van der Waals surface area contributed by atoms with E-state index in [0.717, 1.165) is 0 Å². The first-order chi connectivity index (χ1) is 8.02. The predicted molar refractivity (Wildman–Crippen MR) is 65.1 cm³/mol. The van der Waals surface area contributed by atoms with Crippen molar-refractivity contribution in [3.05, 3.63) is 0 Å². The molecular weight excluding hydrogens is 234 g/mol. The first kappa shape index (κ1) is 13.2. The third-order valence-electron chi connectivity index (χ3n) is 4.41. The molecule has 0 aromatic rings. The second-order valence-corrected chi connectivity index (χ2v) is 6.91. The fourth-order valence-electron chi connectivity index (χ4n) is 3.21. The summed E-state index contributed by atoms with van der Waals surface area (Å²) in [5.74, 6) is -0.765. The maximum absolute atomic E-state index is 11.9. The van der Waals surface area contributed by atoms with Crippen LogP contribution in [0.3, 0.4) is 0 Å². The van der Waals surface area contributed by atoms with Crippen molar-refractivity contribution in [1.29, 1.82) is 0 Å². The number of likely N-dealkylation sites (tertiary alicyclic amines) is 1. The Balaban J connectivity index is 2.08. The van der Waals surface area contributed by atoms with Crippen molar-refractivity contribution >= 4 is 12.1 Å². The van der Waals surface area contributed by atoms with E-state index in [2.05, 4.69) is 0 Å². The van der Waals surface area contributed by atoms with Crippen molar-refractivity contribution in [3.63, 3.8) is 0 Å². The Bertz CT molecular complexity index is 410. The largest absolute Gasteiger partial charge is 0.481 e. The summed E-state index contributed by atoms with van der Waals surface area (Å²) in [5.41, 5.74) is -1.54. The smallest absolute Gasteiger partial charge is 0.410 e. The summed E-state index contributed by atoms with van der Waals surface area (Å²) >= 11 is 0. The summed E-state index contributed by atoms with van der Waals surface area (Å²) < 4.78 is 5.28. The highest BCUT2D eigenvalue weighted by Gasteiger charge is 2.79. The molecule has 5 nitrogen and oxygen atoms in total. The van der Waals surface area contributed by atoms with Crippen LogP contribution in [0.5, 0.6) is 0 Å². The van der Waals surface area contributed by atoms with Crippen LogP contribution in [-0.2, 0) is 9.53 Å². The van der Waals surface area contributed by atoms with Crippen LogP contribution in [0, 0.1) is 16.7 Å². The number of carboxylic acids is 1. The number of piperidine rings is 1. The van der Waals surface area contributed by atoms with Crippen molar-refractivity contribution in [3.8, 4) is 0 Å². The number of hydrogen-bond donors (Lipinski definition) is 1. The van der Waals surface area contributed by atoms with E-state index in [-0.39, 0.29) is 17.9 Å². The van der Waals surface area contributed by atoms with Gasteiger partial charge in [0.05, 0.1) is 5.41 Å². The standard InChI is InChI=1S/C13H21NO4/c1-11(2,3)18-10(17)14-6-8-12(4,5)13(8,7-14)9(15)16/h8H,6-7H2,1-5H3,(H,15,16)/t8-,13-/m1/s1. The Morgan fingerprint density at radius 3 is 2.28 bits per heavy atom. The Morgan fingerprint density at radius 2 is 1.89 bits per heavy atom. The van der Waals surface area contributed by atoms with Gasteiger partial charge in [0.1, 0.15) is 5.60 Å². The molecule has 2 rings (SSSR count). The number of aliphatic carboxylic acids is 1. The van der Waals surface area contributed by atoms with Crippen molar-refractivity contribution in [1.82, 2.24) is 4.90 Å². The molecule has 18 heavy (non-hydrogen) atoms. The molecule has 2 fully saturated rings. The van der Waals surface area contributed by atoms with Crippen LogP contribution in [0.2, 0.25) is 0 Å². The van der Waals surface area contributed by atoms with Gasteiger partial charge in [0, 0.05) is 19.0 Å². The Labute approximate surface area is 107 Å². The summed E-state index contributed by atoms with van der Waals surface area (Å²) in [6, 6.07) is 0. The van der Waals surface area contributed by atoms with Crippen LogP contribution in [0.15, 0.2) is 0 Å². The zero-order chi connectivity index (χ0) is 13.9. The van der Waals surface area contributed by atoms with E-state index < -0.39 is 23.1 Å². The highest BCUT2D eigenvalue weighted by Crippen LogP contribution is 2.72. The molecule has 0 radical (unpaired) electrons. The van der Waals surface area contributed by atoms with E-state index in [1.807, 2.05) is 13.8 Å². The molecule has 0 aromatic heterocycles. The van der Waals surface area contributed by atoms with Gasteiger partial charge in [0.2, 0.25) is 0 Å². The molecule has 0 aromatic carbocycles. The minimum absolute atomic E-state index is 0.0371. The molecule has 0 spiro atoms. The van der Waals surface area contributed by atoms with Crippen LogP contribution in [0.25, 0.3) is 0 Å². The summed E-state index contributed by atoms with van der Waals surface area (Å²) in [6.07, 6.45) is -0.411. The highest BCUT2D eigenvalue weighted by molar-refractivity contribution is 5.84. The summed E-state index contributed by atoms with van der Waals surface area (Å²) in [5, 5.41) is 9.40. The van der Waals surface area contributed by atoms with E-state index in [1.165, 1.54) is 4.90 Å². The summed E-state index contributed by atoms with van der Waals surface area (Å²) in [4.78, 5) is 24.9. The number of carbonyl (C=O) groups is 2. The normalized spacial score (nSPS) is 32.9. The molecule has 5 heteroatoms. The number of carbonyl (C=O) groups excluding carboxylic acids is 1. The van der Waals surface area contributed by atoms with Crippen LogP contribution < -0.4 is 0 Å². The molecule has 1 N–H and O–H groups in total. The van der Waals surface area contributed by atoms with Crippen molar-refractivity contribution < 1.29 is 19.4 Å². The van der Waals surface area contributed by atoms with Gasteiger partial charge in [0.15, 0.2) is 0 Å². The minimum Gasteiger partial charge on any atom is -0.481 e. The number of carboxylic acid groups (broad SMARTS) is 1. The molecule has 1 amide bonds. The first-order valence-corrected chi connectivity index (χ1v) is 6.24. The Morgan fingerprint density at radius 1 is 1.33 bits per heavy atom. The molecule has 0 bridgehead atoms. The molecule has 0 unspecified atom stereocenters. The Hall–Kier alpha value is -1.26. The van der Waals surface area contributed by atoms with Gasteiger partial charge in [-0.15, -0.1) is 0 Å². The molecule has 2 aliphatic rings. The molecule has 1 heterocycles. The third-order valence-corrected chi connectivity index (χ3v) is 4.41. The SMILES string of the molecule is CC(C)(C)OC(=O)N1C[C@@H]2C(C)(C)[C@]2(C(=O)O)C1. The Kier molecular flexibility index (Phi) is 2.49. The lowest BCUT2D eigenvalue weighted by Crippen LogP contribution is -2.40. The van der Waals surface area contributed by atoms with Gasteiger partial charge in [-0.1, -0.05) is 13.8 Å². The predicted octanol–water partition coefficient (Wildman–Crippen LogP) is 1.96. The number of rotatable bonds is 1. The van der Waals surface area contributed by atoms with E-state index in [9.17, 15) is 14.7 Å². The van der Waals surface area contributed by atoms with Gasteiger partial charge in [-0.05, 0) is 26.2 Å². The van der Waals surface area contributed by atoms with Crippen LogP contribution >= 0.6 is 0 Å². The maximum atomic E-state index is 11.9. The second-order valence-electron chi connectivity index (χ2n) is 6.91. The topological polar surface area (TPSA) is 66.8 Å². The van der Waals surface area contributed by atoms with Crippen LogP contribution in [0.1, 0.15) is 34.6 Å². The van der Waals surface area contributed by atoms with Gasteiger partial charge in [-0.25, -0.2) is 4.79 Å². The zero-order valence-electron chi connectivity index (χ0n) is 11.6. The van der Waals surface area contributed by atoms with Gasteiger partial charge in [-0.2, -0.15) is 0 Å².